The second kappa shape index (κ2) is 8.04. The predicted molar refractivity (Wildman–Crippen MR) is 117 cm³/mol. The Balaban J connectivity index is 1.49. The number of nitrogens with zero attached hydrogens (tertiary/aromatic N) is 1. The van der Waals surface area contributed by atoms with Crippen LogP contribution in [0.25, 0.3) is 10.8 Å². The normalized spacial score (nSPS) is 15.3. The molecule has 1 aliphatic rings. The van der Waals surface area contributed by atoms with Gasteiger partial charge in [-0.05, 0) is 36.8 Å². The smallest absolute Gasteiger partial charge is 0.262 e. The van der Waals surface area contributed by atoms with Gasteiger partial charge in [0, 0.05) is 22.3 Å². The summed E-state index contributed by atoms with van der Waals surface area (Å²) >= 11 is 6.20. The van der Waals surface area contributed by atoms with Gasteiger partial charge in [0.15, 0.2) is 6.61 Å². The molecule has 0 aromatic heterocycles. The van der Waals surface area contributed by atoms with Crippen LogP contribution in [0.15, 0.2) is 54.6 Å². The van der Waals surface area contributed by atoms with Crippen molar-refractivity contribution in [3.05, 3.63) is 59.6 Å². The minimum atomic E-state index is -3.37. The molecule has 3 aromatic carbocycles. The first kappa shape index (κ1) is 20.3. The zero-order chi connectivity index (χ0) is 21.3. The minimum absolute atomic E-state index is 0.0818. The number of carbonyl (C=O) groups is 1. The summed E-state index contributed by atoms with van der Waals surface area (Å²) in [5.74, 6) is -0.0731. The van der Waals surface area contributed by atoms with Crippen LogP contribution in [0, 0.1) is 0 Å². The van der Waals surface area contributed by atoms with Crippen LogP contribution in [0.5, 0.6) is 11.5 Å². The monoisotopic (exact) mass is 446 g/mol. The van der Waals surface area contributed by atoms with Crippen molar-refractivity contribution in [2.45, 2.75) is 6.42 Å². The van der Waals surface area contributed by atoms with E-state index >= 15 is 0 Å². The largest absolute Gasteiger partial charge is 0.506 e. The summed E-state index contributed by atoms with van der Waals surface area (Å²) in [6.07, 6.45) is 0.536. The predicted octanol–water partition coefficient (Wildman–Crippen LogP) is 3.76. The lowest BCUT2D eigenvalue weighted by Crippen LogP contribution is -2.25. The molecule has 156 valence electrons. The van der Waals surface area contributed by atoms with Crippen molar-refractivity contribution in [3.8, 4) is 11.5 Å². The van der Waals surface area contributed by atoms with Crippen LogP contribution in [-0.2, 0) is 14.8 Å². The number of aromatic hydroxyl groups is 1. The molecule has 0 atom stereocenters. The number of halogens is 1. The second-order valence-corrected chi connectivity index (χ2v) is 9.29. The number of anilines is 2. The summed E-state index contributed by atoms with van der Waals surface area (Å²) < 4.78 is 31.2. The lowest BCUT2D eigenvalue weighted by molar-refractivity contribution is -0.118. The molecule has 0 unspecified atom stereocenters. The van der Waals surface area contributed by atoms with E-state index in [0.29, 0.717) is 29.4 Å². The molecule has 7 nitrogen and oxygen atoms in total. The van der Waals surface area contributed by atoms with Gasteiger partial charge in [0.1, 0.15) is 11.5 Å². The number of hydrogen-bond acceptors (Lipinski definition) is 5. The maximum atomic E-state index is 12.4. The molecule has 3 aromatic rings. The fraction of sp³-hybridized carbons (Fsp3) is 0.190. The first-order valence-corrected chi connectivity index (χ1v) is 11.3. The van der Waals surface area contributed by atoms with Crippen molar-refractivity contribution in [3.63, 3.8) is 0 Å². The van der Waals surface area contributed by atoms with E-state index in [1.54, 1.807) is 12.1 Å². The molecule has 0 bridgehead atoms. The standard InChI is InChI=1S/C21H19ClN2O5S/c22-17-7-9-20(16-5-2-1-4-15(16)17)29-13-21(26)23-18-12-14(6-8-19(18)25)24-10-3-11-30(24,27)28/h1-2,4-9,12,25H,3,10-11,13H2,(H,23,26). The van der Waals surface area contributed by atoms with Crippen molar-refractivity contribution in [2.24, 2.45) is 0 Å². The Kier molecular flexibility index (Phi) is 5.44. The molecule has 2 N–H and O–H groups in total. The molecule has 9 heteroatoms. The fourth-order valence-corrected chi connectivity index (χ4v) is 5.18. The SMILES string of the molecule is O=C(COc1ccc(Cl)c2ccccc12)Nc1cc(N2CCCS2(=O)=O)ccc1O. The Morgan fingerprint density at radius 2 is 1.90 bits per heavy atom. The maximum Gasteiger partial charge on any atom is 0.262 e. The Labute approximate surface area is 178 Å². The van der Waals surface area contributed by atoms with Crippen LogP contribution in [0.2, 0.25) is 5.02 Å². The number of sulfonamides is 1. The molecule has 0 radical (unpaired) electrons. The number of benzene rings is 3. The van der Waals surface area contributed by atoms with Crippen LogP contribution in [0.1, 0.15) is 6.42 Å². The van der Waals surface area contributed by atoms with Crippen molar-refractivity contribution in [1.29, 1.82) is 0 Å². The maximum absolute atomic E-state index is 12.4. The third-order valence-corrected chi connectivity index (χ3v) is 7.03. The highest BCUT2D eigenvalue weighted by Crippen LogP contribution is 2.33. The summed E-state index contributed by atoms with van der Waals surface area (Å²) in [6, 6.07) is 15.1. The molecule has 1 saturated heterocycles. The Morgan fingerprint density at radius 1 is 1.13 bits per heavy atom. The first-order chi connectivity index (χ1) is 14.3. The van der Waals surface area contributed by atoms with Crippen molar-refractivity contribution in [2.75, 3.05) is 28.5 Å². The van der Waals surface area contributed by atoms with Gasteiger partial charge >= 0.3 is 0 Å². The average molecular weight is 447 g/mol. The van der Waals surface area contributed by atoms with Crippen molar-refractivity contribution >= 4 is 49.7 Å². The molecule has 30 heavy (non-hydrogen) atoms. The Morgan fingerprint density at radius 3 is 2.63 bits per heavy atom. The topological polar surface area (TPSA) is 95.9 Å². The molecule has 1 heterocycles. The fourth-order valence-electron chi connectivity index (χ4n) is 3.40. The first-order valence-electron chi connectivity index (χ1n) is 9.28. The molecule has 0 spiro atoms. The summed E-state index contributed by atoms with van der Waals surface area (Å²) in [6.45, 7) is 0.0740. The quantitative estimate of drug-likeness (QED) is 0.582. The summed E-state index contributed by atoms with van der Waals surface area (Å²) in [4.78, 5) is 12.4. The third kappa shape index (κ3) is 4.01. The number of phenolic OH excluding ortho intramolecular Hbond substituents is 1. The number of hydrogen-bond donors (Lipinski definition) is 2. The van der Waals surface area contributed by atoms with Crippen molar-refractivity contribution in [1.82, 2.24) is 0 Å². The molecule has 1 fully saturated rings. The molecule has 4 rings (SSSR count). The summed E-state index contributed by atoms with van der Waals surface area (Å²) in [5, 5.41) is 14.8. The van der Waals surface area contributed by atoms with Gasteiger partial charge in [0.2, 0.25) is 10.0 Å². The molecule has 1 amide bonds. The van der Waals surface area contributed by atoms with E-state index in [2.05, 4.69) is 5.32 Å². The highest BCUT2D eigenvalue weighted by molar-refractivity contribution is 7.93. The number of ether oxygens (including phenoxy) is 1. The van der Waals surface area contributed by atoms with Crippen LogP contribution in [-0.4, -0.2) is 38.3 Å². The van der Waals surface area contributed by atoms with Crippen molar-refractivity contribution < 1.29 is 23.1 Å². The molecule has 0 aliphatic carbocycles. The lowest BCUT2D eigenvalue weighted by Gasteiger charge is -2.18. The van der Waals surface area contributed by atoms with Gasteiger partial charge < -0.3 is 15.2 Å². The van der Waals surface area contributed by atoms with E-state index in [4.69, 9.17) is 16.3 Å². The van der Waals surface area contributed by atoms with Gasteiger partial charge in [-0.3, -0.25) is 9.10 Å². The average Bonchev–Trinajstić information content (AvgIpc) is 3.08. The lowest BCUT2D eigenvalue weighted by atomic mass is 10.1. The number of fused-ring (bicyclic) bond motifs is 1. The van der Waals surface area contributed by atoms with Crippen LogP contribution < -0.4 is 14.4 Å². The van der Waals surface area contributed by atoms with Gasteiger partial charge in [0.25, 0.3) is 5.91 Å². The third-order valence-electron chi connectivity index (χ3n) is 4.83. The van der Waals surface area contributed by atoms with E-state index < -0.39 is 15.9 Å². The second-order valence-electron chi connectivity index (χ2n) is 6.87. The van der Waals surface area contributed by atoms with E-state index in [-0.39, 0.29) is 23.8 Å². The highest BCUT2D eigenvalue weighted by Gasteiger charge is 2.29. The number of phenols is 1. The number of nitrogens with one attached hydrogen (secondary N) is 1. The van der Waals surface area contributed by atoms with E-state index in [1.807, 2.05) is 24.3 Å². The van der Waals surface area contributed by atoms with Gasteiger partial charge in [-0.15, -0.1) is 0 Å². The Bertz CT molecular complexity index is 1230. The van der Waals surface area contributed by atoms with E-state index in [9.17, 15) is 18.3 Å². The van der Waals surface area contributed by atoms with Gasteiger partial charge in [-0.2, -0.15) is 0 Å². The van der Waals surface area contributed by atoms with Crippen LogP contribution in [0.3, 0.4) is 0 Å². The number of rotatable bonds is 5. The van der Waals surface area contributed by atoms with Crippen LogP contribution >= 0.6 is 11.6 Å². The molecular weight excluding hydrogens is 428 g/mol. The molecular formula is C21H19ClN2O5S. The van der Waals surface area contributed by atoms with Gasteiger partial charge in [-0.25, -0.2) is 8.42 Å². The molecule has 0 saturated carbocycles. The number of amides is 1. The van der Waals surface area contributed by atoms with Gasteiger partial charge in [-0.1, -0.05) is 35.9 Å². The zero-order valence-electron chi connectivity index (χ0n) is 15.8. The zero-order valence-corrected chi connectivity index (χ0v) is 17.4. The number of carbonyl (C=O) groups excluding carboxylic acids is 1. The van der Waals surface area contributed by atoms with Crippen LogP contribution in [0.4, 0.5) is 11.4 Å². The van der Waals surface area contributed by atoms with Gasteiger partial charge in [0.05, 0.1) is 17.1 Å². The summed E-state index contributed by atoms with van der Waals surface area (Å²) in [7, 11) is -3.37. The van der Waals surface area contributed by atoms with E-state index in [0.717, 1.165) is 10.8 Å². The highest BCUT2D eigenvalue weighted by atomic mass is 35.5. The minimum Gasteiger partial charge on any atom is -0.506 e. The Hall–Kier alpha value is -2.97. The van der Waals surface area contributed by atoms with E-state index in [1.165, 1.54) is 22.5 Å². The summed E-state index contributed by atoms with van der Waals surface area (Å²) in [5.41, 5.74) is 0.509. The molecule has 1 aliphatic heterocycles.